The summed E-state index contributed by atoms with van der Waals surface area (Å²) in [6.45, 7) is 20.1. The summed E-state index contributed by atoms with van der Waals surface area (Å²) >= 11 is 0. The molecule has 0 unspecified atom stereocenters. The number of carbonyl (C=O) groups is 2. The molecule has 0 spiro atoms. The molecule has 0 saturated carbocycles. The number of benzene rings is 6. The monoisotopic (exact) mass is 1020 g/mol. The lowest BCUT2D eigenvalue weighted by Crippen LogP contribution is -2.34. The van der Waals surface area contributed by atoms with Crippen LogP contribution in [0.3, 0.4) is 0 Å². The lowest BCUT2D eigenvalue weighted by molar-refractivity contribution is -0.0784. The molecule has 0 aromatic heterocycles. The second-order valence-electron chi connectivity index (χ2n) is 18.0. The molecule has 2 aliphatic rings. The van der Waals surface area contributed by atoms with Crippen LogP contribution in [0.2, 0.25) is 0 Å². The van der Waals surface area contributed by atoms with Gasteiger partial charge >= 0.3 is 15.2 Å². The maximum atomic E-state index is 12.5. The fourth-order valence-electron chi connectivity index (χ4n) is 7.94. The van der Waals surface area contributed by atoms with Crippen LogP contribution < -0.4 is 18.9 Å². The highest BCUT2D eigenvalue weighted by atomic mass is 31.2. The lowest BCUT2D eigenvalue weighted by atomic mass is 10.00. The highest BCUT2D eigenvalue weighted by Crippen LogP contribution is 2.53. The van der Waals surface area contributed by atoms with Gasteiger partial charge in [-0.2, -0.15) is 0 Å². The van der Waals surface area contributed by atoms with Crippen molar-refractivity contribution < 1.29 is 55.8 Å². The van der Waals surface area contributed by atoms with Crippen LogP contribution >= 0.6 is 15.2 Å². The molecule has 380 valence electrons. The van der Waals surface area contributed by atoms with Gasteiger partial charge in [-0.05, 0) is 112 Å². The van der Waals surface area contributed by atoms with Gasteiger partial charge in [-0.3, -0.25) is 18.7 Å². The molecule has 72 heavy (non-hydrogen) atoms. The first-order chi connectivity index (χ1) is 34.3. The molecule has 2 aliphatic heterocycles. The molecule has 14 heteroatoms. The van der Waals surface area contributed by atoms with E-state index in [-0.39, 0.29) is 12.3 Å². The van der Waals surface area contributed by atoms with Gasteiger partial charge in [0, 0.05) is 61.1 Å². The molecule has 12 nitrogen and oxygen atoms in total. The summed E-state index contributed by atoms with van der Waals surface area (Å²) in [4.78, 5) is 21.9. The van der Waals surface area contributed by atoms with E-state index in [2.05, 4.69) is 86.7 Å². The van der Waals surface area contributed by atoms with E-state index in [1.54, 1.807) is 65.8 Å². The number of carbonyl (C=O) groups excluding carboxylic acids is 2. The second kappa shape index (κ2) is 24.5. The van der Waals surface area contributed by atoms with Crippen LogP contribution in [0, 0.1) is 13.8 Å². The maximum Gasteiger partial charge on any atom is 0.335 e. The van der Waals surface area contributed by atoms with Gasteiger partial charge in [-0.15, -0.1) is 0 Å². The highest BCUT2D eigenvalue weighted by Gasteiger charge is 2.31. The Kier molecular flexibility index (Phi) is 18.8. The van der Waals surface area contributed by atoms with Gasteiger partial charge in [-0.25, -0.2) is 0 Å². The third-order valence-electron chi connectivity index (χ3n) is 11.1. The third kappa shape index (κ3) is 15.2. The van der Waals surface area contributed by atoms with E-state index in [0.29, 0.717) is 49.1 Å². The molecular weight excluding hydrogens is 951 g/mol. The minimum absolute atomic E-state index is 0.212. The van der Waals surface area contributed by atoms with Gasteiger partial charge in [0.05, 0.1) is 38.8 Å². The summed E-state index contributed by atoms with van der Waals surface area (Å²) in [5.74, 6) is 1.25. The number of hydrogen-bond acceptors (Lipinski definition) is 12. The van der Waals surface area contributed by atoms with E-state index in [1.165, 1.54) is 16.7 Å². The number of ether oxygens (including phenoxy) is 4. The van der Waals surface area contributed by atoms with E-state index >= 15 is 0 Å². The molecule has 0 bridgehead atoms. The third-order valence-corrected chi connectivity index (χ3v) is 15.2. The van der Waals surface area contributed by atoms with E-state index in [4.69, 9.17) is 37.0 Å². The number of hydrogen-bond donors (Lipinski definition) is 0. The van der Waals surface area contributed by atoms with E-state index in [9.17, 15) is 18.7 Å². The van der Waals surface area contributed by atoms with E-state index in [1.807, 2.05) is 50.2 Å². The summed E-state index contributed by atoms with van der Waals surface area (Å²) in [5, 5.41) is 0. The van der Waals surface area contributed by atoms with Crippen molar-refractivity contribution in [1.82, 2.24) is 0 Å². The normalized spacial score (nSPS) is 14.0. The number of aryl methyl sites for hydroxylation is 2. The summed E-state index contributed by atoms with van der Waals surface area (Å²) in [6.07, 6.45) is 6.21. The van der Waals surface area contributed by atoms with Crippen molar-refractivity contribution in [1.29, 1.82) is 0 Å². The van der Waals surface area contributed by atoms with Gasteiger partial charge in [0.25, 0.3) is 0 Å². The van der Waals surface area contributed by atoms with Crippen LogP contribution in [-0.2, 0) is 39.5 Å². The van der Waals surface area contributed by atoms with Gasteiger partial charge in [-0.1, -0.05) is 96.6 Å². The zero-order valence-corrected chi connectivity index (χ0v) is 44.7. The van der Waals surface area contributed by atoms with Crippen molar-refractivity contribution >= 4 is 39.9 Å². The van der Waals surface area contributed by atoms with Crippen molar-refractivity contribution in [2.45, 2.75) is 93.1 Å². The molecule has 0 aliphatic carbocycles. The highest BCUT2D eigenvalue weighted by molar-refractivity contribution is 7.53. The van der Waals surface area contributed by atoms with Gasteiger partial charge in [0.1, 0.15) is 35.6 Å². The average Bonchev–Trinajstić information content (AvgIpc) is 3.52. The van der Waals surface area contributed by atoms with Gasteiger partial charge < -0.3 is 37.0 Å². The molecule has 0 N–H and O–H groups in total. The molecule has 0 amide bonds. The summed E-state index contributed by atoms with van der Waals surface area (Å²) in [7, 11) is -6.25. The molecule has 0 atom stereocenters. The Bertz CT molecular complexity index is 2810. The zero-order chi connectivity index (χ0) is 52.1. The Morgan fingerprint density at radius 2 is 0.722 bits per heavy atom. The van der Waals surface area contributed by atoms with Crippen molar-refractivity contribution in [3.05, 3.63) is 166 Å². The van der Waals surface area contributed by atoms with Crippen LogP contribution in [0.25, 0.3) is 34.4 Å². The predicted molar refractivity (Wildman–Crippen MR) is 286 cm³/mol. The van der Waals surface area contributed by atoms with Crippen molar-refractivity contribution in [2.24, 2.45) is 0 Å². The molecule has 8 rings (SSSR count). The fourth-order valence-corrected chi connectivity index (χ4v) is 11.3. The average molecular weight is 1020 g/mol. The number of fused-ring (bicyclic) bond motifs is 6. The molecule has 6 aromatic rings. The fraction of sp³-hybridized carbons (Fsp3) is 0.310. The largest absolute Gasteiger partial charge is 0.452 e. The Hall–Kier alpha value is -6.10. The van der Waals surface area contributed by atoms with Crippen molar-refractivity contribution in [3.63, 3.8) is 0 Å². The lowest BCUT2D eigenvalue weighted by Gasteiger charge is -2.25. The second-order valence-corrected chi connectivity index (χ2v) is 22.1. The van der Waals surface area contributed by atoms with E-state index < -0.39 is 26.8 Å². The summed E-state index contributed by atoms with van der Waals surface area (Å²) in [5.41, 5.74) is 11.3. The number of aldehydes is 2. The quantitative estimate of drug-likeness (QED) is 0.0517. The first-order valence-corrected chi connectivity index (χ1v) is 27.6. The maximum absolute atomic E-state index is 12.5. The smallest absolute Gasteiger partial charge is 0.335 e. The summed E-state index contributed by atoms with van der Waals surface area (Å²) < 4.78 is 70.4. The minimum atomic E-state index is -3.12. The van der Waals surface area contributed by atoms with Crippen molar-refractivity contribution in [3.8, 4) is 45.3 Å². The van der Waals surface area contributed by atoms with Crippen LogP contribution in [0.1, 0.15) is 109 Å². The number of rotatable bonds is 16. The van der Waals surface area contributed by atoms with Gasteiger partial charge in [0.2, 0.25) is 11.6 Å². The first-order valence-electron chi connectivity index (χ1n) is 24.1. The van der Waals surface area contributed by atoms with Crippen LogP contribution in [0.5, 0.6) is 23.0 Å². The Morgan fingerprint density at radius 1 is 0.417 bits per heavy atom. The molecule has 0 fully saturated rings. The van der Waals surface area contributed by atoms with Crippen LogP contribution in [0.4, 0.5) is 0 Å². The van der Waals surface area contributed by atoms with Crippen LogP contribution in [-0.4, -0.2) is 50.6 Å². The van der Waals surface area contributed by atoms with E-state index in [0.717, 1.165) is 63.0 Å². The molecule has 2 heterocycles. The standard InChI is InChI=1S/C25H24O2.C17H14O4.C16H28O6P2/c1-17-5-8-19(9-6-17)10-11-20-12-14-22-21-13-7-18(2)15-23(21)26-25(3,4)27-24(22)16-20;1-17(2)20-15-7-11(9-18)3-5-13(15)14-6-4-12(10-19)8-16(14)21-17;1-5-19-23(17,20-6-2)13-15-9-11-16(12-10-15)14-24(18,21-7-3)22-8-4/h5-16H,1-4H3;3-10H,1-2H3;9-12H,5-8,13-14H2,1-4H3/b11-10+;;. The minimum Gasteiger partial charge on any atom is -0.452 e. The molecule has 0 radical (unpaired) electrons. The van der Waals surface area contributed by atoms with Crippen LogP contribution in [0.15, 0.2) is 121 Å². The first kappa shape index (κ1) is 55.2. The SMILES string of the molecule is CC1(C)Oc2cc(C=O)ccc2-c2ccc(C=O)cc2O1.CCOP(=O)(Cc1ccc(CP(=O)(OCC)OCC)cc1)OCC.Cc1ccc(/C=C/c2ccc3c(c2)OC(C)(C)Oc2cc(C)ccc2-3)cc1. The Balaban J connectivity index is 0.000000178. The molecule has 6 aromatic carbocycles. The summed E-state index contributed by atoms with van der Waals surface area (Å²) in [6, 6.07) is 38.9. The van der Waals surface area contributed by atoms with Crippen molar-refractivity contribution in [2.75, 3.05) is 26.4 Å². The topological polar surface area (TPSA) is 142 Å². The molecular formula is C58H66O12P2. The zero-order valence-electron chi connectivity index (χ0n) is 42.9. The Labute approximate surface area is 424 Å². The predicted octanol–water partition coefficient (Wildman–Crippen LogP) is 15.4. The Morgan fingerprint density at radius 3 is 1.10 bits per heavy atom. The molecule has 0 saturated heterocycles. The van der Waals surface area contributed by atoms with Gasteiger partial charge in [0.15, 0.2) is 0 Å².